The Bertz CT molecular complexity index is 604. The quantitative estimate of drug-likeness (QED) is 0.801. The normalized spacial score (nSPS) is 10.2. The lowest BCUT2D eigenvalue weighted by Crippen LogP contribution is -2.27. The predicted octanol–water partition coefficient (Wildman–Crippen LogP) is 2.25. The van der Waals surface area contributed by atoms with Crippen molar-refractivity contribution < 1.29 is 9.53 Å². The van der Waals surface area contributed by atoms with Gasteiger partial charge in [-0.3, -0.25) is 4.79 Å². The van der Waals surface area contributed by atoms with Crippen LogP contribution in [0.3, 0.4) is 0 Å². The average molecular weight is 307 g/mol. The fourth-order valence-electron chi connectivity index (χ4n) is 1.59. The number of methoxy groups -OCH3 is 1. The van der Waals surface area contributed by atoms with E-state index in [0.29, 0.717) is 24.0 Å². The number of hydrogen-bond donors (Lipinski definition) is 2. The number of halogens is 1. The molecule has 7 heteroatoms. The van der Waals surface area contributed by atoms with Crippen molar-refractivity contribution in [3.05, 3.63) is 47.1 Å². The first-order valence-corrected chi connectivity index (χ1v) is 6.70. The molecule has 2 rings (SSSR count). The molecule has 0 aliphatic rings. The van der Waals surface area contributed by atoms with Crippen molar-refractivity contribution in [2.45, 2.75) is 0 Å². The van der Waals surface area contributed by atoms with Crippen molar-refractivity contribution in [3.63, 3.8) is 0 Å². The first kappa shape index (κ1) is 15.2. The van der Waals surface area contributed by atoms with Crippen LogP contribution in [0.5, 0.6) is 0 Å². The summed E-state index contributed by atoms with van der Waals surface area (Å²) in [6, 6.07) is 10.5. The van der Waals surface area contributed by atoms with Gasteiger partial charge < -0.3 is 15.4 Å². The van der Waals surface area contributed by atoms with Gasteiger partial charge in [-0.25, -0.2) is 0 Å². The summed E-state index contributed by atoms with van der Waals surface area (Å²) in [4.78, 5) is 11.7. The van der Waals surface area contributed by atoms with Crippen LogP contribution in [-0.4, -0.2) is 36.4 Å². The molecule has 110 valence electrons. The van der Waals surface area contributed by atoms with Crippen LogP contribution in [0.2, 0.25) is 5.02 Å². The molecule has 2 aromatic rings. The number of anilines is 2. The van der Waals surface area contributed by atoms with Crippen molar-refractivity contribution in [1.82, 2.24) is 15.5 Å². The highest BCUT2D eigenvalue weighted by atomic mass is 35.5. The molecule has 0 spiro atoms. The molecular formula is C14H15ClN4O2. The maximum absolute atomic E-state index is 11.7. The molecule has 0 saturated heterocycles. The fraction of sp³-hybridized carbons (Fsp3) is 0.214. The van der Waals surface area contributed by atoms with Gasteiger partial charge in [0.15, 0.2) is 11.5 Å². The molecule has 0 aliphatic carbocycles. The second kappa shape index (κ2) is 7.56. The Morgan fingerprint density at radius 2 is 2.14 bits per heavy atom. The Labute approximate surface area is 127 Å². The van der Waals surface area contributed by atoms with Gasteiger partial charge in [-0.2, -0.15) is 0 Å². The van der Waals surface area contributed by atoms with Gasteiger partial charge in [0.1, 0.15) is 0 Å². The van der Waals surface area contributed by atoms with E-state index in [0.717, 1.165) is 5.69 Å². The molecule has 1 heterocycles. The molecule has 0 bridgehead atoms. The van der Waals surface area contributed by atoms with Crippen LogP contribution in [0.4, 0.5) is 11.5 Å². The van der Waals surface area contributed by atoms with Gasteiger partial charge in [0.2, 0.25) is 0 Å². The number of aromatic nitrogens is 2. The van der Waals surface area contributed by atoms with Crippen LogP contribution in [0.1, 0.15) is 10.5 Å². The highest BCUT2D eigenvalue weighted by Gasteiger charge is 2.07. The molecule has 1 aromatic heterocycles. The second-order valence-electron chi connectivity index (χ2n) is 4.19. The van der Waals surface area contributed by atoms with Gasteiger partial charge in [0.05, 0.1) is 6.61 Å². The molecule has 0 unspecified atom stereocenters. The molecular weight excluding hydrogens is 292 g/mol. The zero-order valence-corrected chi connectivity index (χ0v) is 12.2. The van der Waals surface area contributed by atoms with Gasteiger partial charge >= 0.3 is 0 Å². The molecule has 2 N–H and O–H groups in total. The Kier molecular flexibility index (Phi) is 5.48. The lowest BCUT2D eigenvalue weighted by Gasteiger charge is -2.06. The van der Waals surface area contributed by atoms with Crippen molar-refractivity contribution >= 4 is 29.0 Å². The zero-order valence-electron chi connectivity index (χ0n) is 11.5. The van der Waals surface area contributed by atoms with Gasteiger partial charge in [0.25, 0.3) is 5.91 Å². The van der Waals surface area contributed by atoms with Crippen molar-refractivity contribution in [1.29, 1.82) is 0 Å². The predicted molar refractivity (Wildman–Crippen MR) is 81.0 cm³/mol. The number of carbonyl (C=O) groups is 1. The fourth-order valence-corrected chi connectivity index (χ4v) is 1.78. The van der Waals surface area contributed by atoms with Gasteiger partial charge in [-0.1, -0.05) is 17.7 Å². The Morgan fingerprint density at radius 3 is 2.81 bits per heavy atom. The summed E-state index contributed by atoms with van der Waals surface area (Å²) in [7, 11) is 1.57. The van der Waals surface area contributed by atoms with E-state index >= 15 is 0 Å². The third kappa shape index (κ3) is 4.70. The van der Waals surface area contributed by atoms with E-state index in [4.69, 9.17) is 16.3 Å². The topological polar surface area (TPSA) is 76.1 Å². The molecule has 1 amide bonds. The monoisotopic (exact) mass is 306 g/mol. The average Bonchev–Trinajstić information content (AvgIpc) is 2.48. The van der Waals surface area contributed by atoms with Crippen molar-refractivity contribution in [2.75, 3.05) is 25.6 Å². The van der Waals surface area contributed by atoms with Crippen LogP contribution in [-0.2, 0) is 4.74 Å². The summed E-state index contributed by atoms with van der Waals surface area (Å²) in [6.07, 6.45) is 0. The number of amides is 1. The van der Waals surface area contributed by atoms with E-state index in [2.05, 4.69) is 20.8 Å². The summed E-state index contributed by atoms with van der Waals surface area (Å²) in [5, 5.41) is 14.2. The van der Waals surface area contributed by atoms with Gasteiger partial charge in [-0.15, -0.1) is 10.2 Å². The van der Waals surface area contributed by atoms with Crippen LogP contribution in [0, 0.1) is 0 Å². The number of rotatable bonds is 6. The molecule has 0 atom stereocenters. The number of carbonyl (C=O) groups excluding carboxylic acids is 1. The lowest BCUT2D eigenvalue weighted by atomic mass is 10.3. The standard InChI is InChI=1S/C14H15ClN4O2/c1-21-8-7-16-14(20)12-5-6-13(19-18-12)17-11-4-2-3-10(15)9-11/h2-6,9H,7-8H2,1H3,(H,16,20)(H,17,19). The number of benzene rings is 1. The third-order valence-corrected chi connectivity index (χ3v) is 2.82. The highest BCUT2D eigenvalue weighted by Crippen LogP contribution is 2.18. The van der Waals surface area contributed by atoms with E-state index in [1.807, 2.05) is 12.1 Å². The number of nitrogens with one attached hydrogen (secondary N) is 2. The highest BCUT2D eigenvalue weighted by molar-refractivity contribution is 6.30. The Hall–Kier alpha value is -2.18. The molecule has 6 nitrogen and oxygen atoms in total. The molecule has 21 heavy (non-hydrogen) atoms. The molecule has 0 aliphatic heterocycles. The maximum Gasteiger partial charge on any atom is 0.271 e. The summed E-state index contributed by atoms with van der Waals surface area (Å²) in [5.41, 5.74) is 1.05. The maximum atomic E-state index is 11.7. The largest absolute Gasteiger partial charge is 0.383 e. The molecule has 1 aromatic carbocycles. The van der Waals surface area contributed by atoms with Crippen LogP contribution in [0.15, 0.2) is 36.4 Å². The third-order valence-electron chi connectivity index (χ3n) is 2.59. The number of hydrogen-bond acceptors (Lipinski definition) is 5. The van der Waals surface area contributed by atoms with E-state index < -0.39 is 0 Å². The molecule has 0 fully saturated rings. The Balaban J connectivity index is 1.97. The minimum Gasteiger partial charge on any atom is -0.383 e. The second-order valence-corrected chi connectivity index (χ2v) is 4.62. The number of ether oxygens (including phenoxy) is 1. The van der Waals surface area contributed by atoms with Gasteiger partial charge in [-0.05, 0) is 30.3 Å². The van der Waals surface area contributed by atoms with Crippen LogP contribution in [0.25, 0.3) is 0 Å². The summed E-state index contributed by atoms with van der Waals surface area (Å²) < 4.78 is 4.85. The van der Waals surface area contributed by atoms with E-state index in [1.54, 1.807) is 31.4 Å². The van der Waals surface area contributed by atoms with Crippen molar-refractivity contribution in [2.24, 2.45) is 0 Å². The smallest absolute Gasteiger partial charge is 0.271 e. The minimum absolute atomic E-state index is 0.253. The van der Waals surface area contributed by atoms with E-state index in [-0.39, 0.29) is 11.6 Å². The van der Waals surface area contributed by atoms with Crippen LogP contribution >= 0.6 is 11.6 Å². The summed E-state index contributed by atoms with van der Waals surface area (Å²) >= 11 is 5.90. The van der Waals surface area contributed by atoms with E-state index in [9.17, 15) is 4.79 Å². The van der Waals surface area contributed by atoms with Crippen molar-refractivity contribution in [3.8, 4) is 0 Å². The van der Waals surface area contributed by atoms with Gasteiger partial charge in [0, 0.05) is 24.4 Å². The summed E-state index contributed by atoms with van der Waals surface area (Å²) in [5.74, 6) is 0.250. The SMILES string of the molecule is COCCNC(=O)c1ccc(Nc2cccc(Cl)c2)nn1. The summed E-state index contributed by atoms with van der Waals surface area (Å²) in [6.45, 7) is 0.882. The Morgan fingerprint density at radius 1 is 1.29 bits per heavy atom. The molecule has 0 radical (unpaired) electrons. The lowest BCUT2D eigenvalue weighted by molar-refractivity contribution is 0.0931. The first-order chi connectivity index (χ1) is 10.2. The number of nitrogens with zero attached hydrogens (tertiary/aromatic N) is 2. The van der Waals surface area contributed by atoms with E-state index in [1.165, 1.54) is 0 Å². The molecule has 0 saturated carbocycles. The minimum atomic E-state index is -0.283. The zero-order chi connectivity index (χ0) is 15.1. The first-order valence-electron chi connectivity index (χ1n) is 6.32. The van der Waals surface area contributed by atoms with Crippen LogP contribution < -0.4 is 10.6 Å².